The van der Waals surface area contributed by atoms with Gasteiger partial charge >= 0.3 is 0 Å². The van der Waals surface area contributed by atoms with Gasteiger partial charge in [0.1, 0.15) is 0 Å². The number of nitrogens with zero attached hydrogens (tertiary/aromatic N) is 4. The Kier molecular flexibility index (Phi) is 8.49. The first-order chi connectivity index (χ1) is 17.1. The predicted molar refractivity (Wildman–Crippen MR) is 136 cm³/mol. The molecule has 1 aliphatic rings. The van der Waals surface area contributed by atoms with Crippen LogP contribution < -0.4 is 19.7 Å². The molecule has 0 aliphatic carbocycles. The van der Waals surface area contributed by atoms with E-state index in [2.05, 4.69) is 39.5 Å². The molecule has 9 nitrogen and oxygen atoms in total. The highest BCUT2D eigenvalue weighted by atomic mass is 32.2. The molecule has 0 radical (unpaired) electrons. The number of thioether (sulfide) groups is 1. The van der Waals surface area contributed by atoms with E-state index in [1.807, 2.05) is 34.9 Å². The number of para-hydroxylation sites is 1. The van der Waals surface area contributed by atoms with Gasteiger partial charge in [-0.1, -0.05) is 36.0 Å². The average Bonchev–Trinajstić information content (AvgIpc) is 3.32. The third kappa shape index (κ3) is 6.07. The number of carbonyl (C=O) groups excluding carboxylic acids is 1. The standard InChI is InChI=1S/C25H31N5O4S/c1-18-6-4-5-7-20(18)30-24(29-12-14-34-15-13-29)27-28-25(30)35-17-23(31)26-11-10-19-8-9-21(32-2)22(16-19)33-3/h4-9,16H,10-15,17H2,1-3H3,(H,26,31). The van der Waals surface area contributed by atoms with E-state index >= 15 is 0 Å². The summed E-state index contributed by atoms with van der Waals surface area (Å²) >= 11 is 1.38. The molecule has 1 amide bonds. The van der Waals surface area contributed by atoms with Crippen molar-refractivity contribution in [3.63, 3.8) is 0 Å². The Labute approximate surface area is 209 Å². The van der Waals surface area contributed by atoms with Gasteiger partial charge in [0.15, 0.2) is 16.7 Å². The number of benzene rings is 2. The highest BCUT2D eigenvalue weighted by Gasteiger charge is 2.23. The molecule has 0 bridgehead atoms. The summed E-state index contributed by atoms with van der Waals surface area (Å²) in [6, 6.07) is 13.9. The van der Waals surface area contributed by atoms with Gasteiger partial charge in [-0.2, -0.15) is 0 Å². The first-order valence-corrected chi connectivity index (χ1v) is 12.5. The Hall–Kier alpha value is -3.24. The van der Waals surface area contributed by atoms with Crippen molar-refractivity contribution in [3.05, 3.63) is 53.6 Å². The molecule has 3 aromatic rings. The molecular weight excluding hydrogens is 466 g/mol. The minimum absolute atomic E-state index is 0.0530. The fourth-order valence-electron chi connectivity index (χ4n) is 3.91. The van der Waals surface area contributed by atoms with Gasteiger partial charge in [-0.15, -0.1) is 10.2 Å². The van der Waals surface area contributed by atoms with Crippen LogP contribution in [0.5, 0.6) is 11.5 Å². The topological polar surface area (TPSA) is 90.7 Å². The molecule has 35 heavy (non-hydrogen) atoms. The van der Waals surface area contributed by atoms with E-state index < -0.39 is 0 Å². The van der Waals surface area contributed by atoms with E-state index in [9.17, 15) is 4.79 Å². The molecule has 1 saturated heterocycles. The third-order valence-corrected chi connectivity index (χ3v) is 6.71. The van der Waals surface area contributed by atoms with E-state index in [-0.39, 0.29) is 11.7 Å². The summed E-state index contributed by atoms with van der Waals surface area (Å²) in [6.45, 7) is 5.42. The van der Waals surface area contributed by atoms with Gasteiger partial charge in [0.2, 0.25) is 11.9 Å². The zero-order chi connectivity index (χ0) is 24.6. The smallest absolute Gasteiger partial charge is 0.232 e. The van der Waals surface area contributed by atoms with Gasteiger partial charge in [0.05, 0.1) is 38.9 Å². The maximum atomic E-state index is 12.6. The van der Waals surface area contributed by atoms with Crippen LogP contribution in [0.2, 0.25) is 0 Å². The maximum absolute atomic E-state index is 12.6. The minimum Gasteiger partial charge on any atom is -0.493 e. The van der Waals surface area contributed by atoms with Crippen LogP contribution in [0.3, 0.4) is 0 Å². The lowest BCUT2D eigenvalue weighted by molar-refractivity contribution is -0.118. The van der Waals surface area contributed by atoms with Crippen molar-refractivity contribution < 1.29 is 19.0 Å². The van der Waals surface area contributed by atoms with Gasteiger partial charge in [-0.3, -0.25) is 9.36 Å². The molecule has 0 unspecified atom stereocenters. The fraction of sp³-hybridized carbons (Fsp3) is 0.400. The van der Waals surface area contributed by atoms with Crippen LogP contribution in [0.15, 0.2) is 47.6 Å². The Balaban J connectivity index is 1.39. The zero-order valence-corrected chi connectivity index (χ0v) is 21.1. The maximum Gasteiger partial charge on any atom is 0.232 e. The average molecular weight is 498 g/mol. The largest absolute Gasteiger partial charge is 0.493 e. The molecule has 0 spiro atoms. The first kappa shape index (κ1) is 24.9. The number of morpholine rings is 1. The summed E-state index contributed by atoms with van der Waals surface area (Å²) in [4.78, 5) is 14.8. The van der Waals surface area contributed by atoms with E-state index in [1.165, 1.54) is 11.8 Å². The molecule has 0 atom stereocenters. The molecule has 1 fully saturated rings. The number of aromatic nitrogens is 3. The number of methoxy groups -OCH3 is 2. The van der Waals surface area contributed by atoms with Crippen molar-refractivity contribution in [1.29, 1.82) is 0 Å². The van der Waals surface area contributed by atoms with Gasteiger partial charge in [-0.25, -0.2) is 0 Å². The normalized spacial score (nSPS) is 13.5. The number of hydrogen-bond acceptors (Lipinski definition) is 8. The molecule has 0 saturated carbocycles. The molecule has 2 heterocycles. The number of ether oxygens (including phenoxy) is 3. The van der Waals surface area contributed by atoms with Crippen molar-refractivity contribution >= 4 is 23.6 Å². The lowest BCUT2D eigenvalue weighted by Gasteiger charge is -2.28. The SMILES string of the molecule is COc1ccc(CCNC(=O)CSc2nnc(N3CCOCC3)n2-c2ccccc2C)cc1OC. The monoisotopic (exact) mass is 497 g/mol. The minimum atomic E-state index is -0.0530. The van der Waals surface area contributed by atoms with E-state index in [0.29, 0.717) is 42.8 Å². The van der Waals surface area contributed by atoms with Gasteiger partial charge in [0.25, 0.3) is 0 Å². The van der Waals surface area contributed by atoms with Crippen molar-refractivity contribution in [1.82, 2.24) is 20.1 Å². The summed E-state index contributed by atoms with van der Waals surface area (Å²) in [7, 11) is 3.22. The van der Waals surface area contributed by atoms with Crippen molar-refractivity contribution in [2.45, 2.75) is 18.5 Å². The number of aryl methyl sites for hydroxylation is 1. The zero-order valence-electron chi connectivity index (χ0n) is 20.3. The number of rotatable bonds is 10. The van der Waals surface area contributed by atoms with Gasteiger partial charge in [-0.05, 0) is 42.7 Å². The Bertz CT molecular complexity index is 1150. The van der Waals surface area contributed by atoms with Gasteiger partial charge in [0, 0.05) is 19.6 Å². The number of carbonyl (C=O) groups is 1. The van der Waals surface area contributed by atoms with Crippen LogP contribution >= 0.6 is 11.8 Å². The Morgan fingerprint density at radius 3 is 2.60 bits per heavy atom. The van der Waals surface area contributed by atoms with Crippen LogP contribution in [-0.4, -0.2) is 73.5 Å². The lowest BCUT2D eigenvalue weighted by atomic mass is 10.1. The summed E-state index contributed by atoms with van der Waals surface area (Å²) in [5.74, 6) is 2.34. The highest BCUT2D eigenvalue weighted by molar-refractivity contribution is 7.99. The first-order valence-electron chi connectivity index (χ1n) is 11.5. The third-order valence-electron chi connectivity index (χ3n) is 5.78. The second kappa shape index (κ2) is 11.9. The van der Waals surface area contributed by atoms with E-state index in [4.69, 9.17) is 14.2 Å². The van der Waals surface area contributed by atoms with Crippen molar-refractivity contribution in [2.75, 3.05) is 57.7 Å². The van der Waals surface area contributed by atoms with Crippen LogP contribution in [0, 0.1) is 6.92 Å². The van der Waals surface area contributed by atoms with Crippen molar-refractivity contribution in [3.8, 4) is 17.2 Å². The second-order valence-electron chi connectivity index (χ2n) is 8.08. The van der Waals surface area contributed by atoms with Crippen LogP contribution in [0.4, 0.5) is 5.95 Å². The molecular formula is C25H31N5O4S. The Morgan fingerprint density at radius 2 is 1.86 bits per heavy atom. The second-order valence-corrected chi connectivity index (χ2v) is 9.02. The van der Waals surface area contributed by atoms with Crippen molar-refractivity contribution in [2.24, 2.45) is 0 Å². The molecule has 2 aromatic carbocycles. The number of anilines is 1. The summed E-state index contributed by atoms with van der Waals surface area (Å²) in [6.07, 6.45) is 0.692. The predicted octanol–water partition coefficient (Wildman–Crippen LogP) is 2.88. The summed E-state index contributed by atoms with van der Waals surface area (Å²) in [5.41, 5.74) is 3.18. The number of nitrogens with one attached hydrogen (secondary N) is 1. The molecule has 1 aromatic heterocycles. The molecule has 1 N–H and O–H groups in total. The molecule has 10 heteroatoms. The highest BCUT2D eigenvalue weighted by Crippen LogP contribution is 2.29. The lowest BCUT2D eigenvalue weighted by Crippen LogP contribution is -2.38. The molecule has 186 valence electrons. The number of amides is 1. The quantitative estimate of drug-likeness (QED) is 0.428. The van der Waals surface area contributed by atoms with E-state index in [0.717, 1.165) is 35.9 Å². The van der Waals surface area contributed by atoms with Gasteiger partial charge < -0.3 is 24.4 Å². The molecule has 4 rings (SSSR count). The summed E-state index contributed by atoms with van der Waals surface area (Å²) < 4.78 is 18.2. The van der Waals surface area contributed by atoms with Crippen LogP contribution in [0.25, 0.3) is 5.69 Å². The van der Waals surface area contributed by atoms with E-state index in [1.54, 1.807) is 14.2 Å². The van der Waals surface area contributed by atoms with Crippen LogP contribution in [-0.2, 0) is 16.0 Å². The van der Waals surface area contributed by atoms with Crippen LogP contribution in [0.1, 0.15) is 11.1 Å². The number of hydrogen-bond donors (Lipinski definition) is 1. The Morgan fingerprint density at radius 1 is 1.09 bits per heavy atom. The fourth-order valence-corrected chi connectivity index (χ4v) is 4.68. The summed E-state index contributed by atoms with van der Waals surface area (Å²) in [5, 5.41) is 12.6. The molecule has 1 aliphatic heterocycles.